The third kappa shape index (κ3) is 4.41. The maximum absolute atomic E-state index is 12.5. The van der Waals surface area contributed by atoms with Gasteiger partial charge in [-0.15, -0.1) is 0 Å². The van der Waals surface area contributed by atoms with E-state index < -0.39 is 0 Å². The van der Waals surface area contributed by atoms with E-state index >= 15 is 0 Å². The second-order valence-corrected chi connectivity index (χ2v) is 6.17. The number of aryl methyl sites for hydroxylation is 2. The van der Waals surface area contributed by atoms with E-state index in [1.165, 1.54) is 5.56 Å². The van der Waals surface area contributed by atoms with Gasteiger partial charge in [0, 0.05) is 29.9 Å². The van der Waals surface area contributed by atoms with Crippen LogP contribution in [0.5, 0.6) is 0 Å². The van der Waals surface area contributed by atoms with Gasteiger partial charge in [0.25, 0.3) is 5.56 Å². The summed E-state index contributed by atoms with van der Waals surface area (Å²) < 4.78 is 0. The third-order valence-corrected chi connectivity index (χ3v) is 4.26. The van der Waals surface area contributed by atoms with Crippen molar-refractivity contribution in [3.05, 3.63) is 82.2 Å². The zero-order valence-corrected chi connectivity index (χ0v) is 14.5. The standard InChI is InChI=1S/C21H23N3O/c1-2-7-18-20(17-12-14-22-15-13-17)23-19(24-21(18)25)11-6-10-16-8-4-3-5-9-16/h3-5,8-9,12-15H,2,6-7,10-11H2,1H3,(H,23,24,25). The lowest BCUT2D eigenvalue weighted by molar-refractivity contribution is 0.758. The molecule has 3 rings (SSSR count). The van der Waals surface area contributed by atoms with Gasteiger partial charge in [0.2, 0.25) is 0 Å². The minimum atomic E-state index is -0.109. The van der Waals surface area contributed by atoms with Crippen LogP contribution < -0.4 is 5.56 Å². The van der Waals surface area contributed by atoms with Crippen LogP contribution in [0.15, 0.2) is 59.7 Å². The molecule has 0 aliphatic carbocycles. The van der Waals surface area contributed by atoms with Crippen molar-refractivity contribution in [2.24, 2.45) is 0 Å². The maximum Gasteiger partial charge on any atom is 0.276 e. The summed E-state index contributed by atoms with van der Waals surface area (Å²) in [5, 5.41) is 0. The Morgan fingerprint density at radius 1 is 0.960 bits per heavy atom. The summed E-state index contributed by atoms with van der Waals surface area (Å²) in [6.07, 6.45) is 7.83. The van der Waals surface area contributed by atoms with Crippen LogP contribution in [0.25, 0.3) is 11.3 Å². The Bertz CT molecular complexity index is 857. The molecular formula is C21H23N3O. The Labute approximate surface area is 148 Å². The fourth-order valence-corrected chi connectivity index (χ4v) is 3.01. The van der Waals surface area contributed by atoms with Crippen molar-refractivity contribution in [2.45, 2.75) is 39.0 Å². The number of nitrogens with zero attached hydrogens (tertiary/aromatic N) is 2. The number of nitrogens with one attached hydrogen (secondary N) is 1. The van der Waals surface area contributed by atoms with Gasteiger partial charge in [-0.05, 0) is 37.0 Å². The molecule has 4 heteroatoms. The topological polar surface area (TPSA) is 58.6 Å². The lowest BCUT2D eigenvalue weighted by atomic mass is 10.0. The minimum absolute atomic E-state index is 0.109. The van der Waals surface area contributed by atoms with Crippen LogP contribution in [0.4, 0.5) is 0 Å². The molecule has 0 saturated heterocycles. The third-order valence-electron chi connectivity index (χ3n) is 4.26. The fraction of sp³-hybridized carbons (Fsp3) is 0.286. The first-order valence-corrected chi connectivity index (χ1v) is 8.84. The minimum Gasteiger partial charge on any atom is -0.343 e. The van der Waals surface area contributed by atoms with Crippen LogP contribution in [0.2, 0.25) is 0 Å². The van der Waals surface area contributed by atoms with E-state index in [1.807, 2.05) is 18.2 Å². The number of aromatic nitrogens is 3. The van der Waals surface area contributed by atoms with Crippen molar-refractivity contribution < 1.29 is 0 Å². The quantitative estimate of drug-likeness (QED) is 0.712. The summed E-state index contributed by atoms with van der Waals surface area (Å²) in [5.74, 6) is 0.757. The Kier molecular flexibility index (Phi) is 5.73. The highest BCUT2D eigenvalue weighted by atomic mass is 16.1. The highest BCUT2D eigenvalue weighted by Crippen LogP contribution is 2.20. The molecule has 0 saturated carbocycles. The first kappa shape index (κ1) is 17.1. The Morgan fingerprint density at radius 3 is 2.44 bits per heavy atom. The van der Waals surface area contributed by atoms with Crippen molar-refractivity contribution in [2.75, 3.05) is 0 Å². The molecule has 0 unspecified atom stereocenters. The molecule has 25 heavy (non-hydrogen) atoms. The lowest BCUT2D eigenvalue weighted by Gasteiger charge is -2.11. The van der Waals surface area contributed by atoms with Crippen LogP contribution in [-0.4, -0.2) is 15.0 Å². The fourth-order valence-electron chi connectivity index (χ4n) is 3.01. The van der Waals surface area contributed by atoms with Crippen LogP contribution >= 0.6 is 0 Å². The monoisotopic (exact) mass is 333 g/mol. The van der Waals surface area contributed by atoms with Crippen molar-refractivity contribution >= 4 is 0 Å². The SMILES string of the molecule is CCCc1c(-c2ccncc2)[nH]c(CCCc2ccccc2)nc1=O. The molecule has 0 radical (unpaired) electrons. The van der Waals surface area contributed by atoms with Gasteiger partial charge in [0.1, 0.15) is 5.82 Å². The Balaban J connectivity index is 1.83. The van der Waals surface area contributed by atoms with E-state index in [0.29, 0.717) is 0 Å². The summed E-state index contributed by atoms with van der Waals surface area (Å²) in [6.45, 7) is 2.07. The van der Waals surface area contributed by atoms with Crippen LogP contribution in [0.3, 0.4) is 0 Å². The number of aromatic amines is 1. The largest absolute Gasteiger partial charge is 0.343 e. The molecule has 0 amide bonds. The molecule has 0 spiro atoms. The summed E-state index contributed by atoms with van der Waals surface area (Å²) in [7, 11) is 0. The molecule has 0 bridgehead atoms. The molecule has 4 nitrogen and oxygen atoms in total. The average Bonchev–Trinajstić information content (AvgIpc) is 2.65. The number of benzene rings is 1. The number of rotatable bonds is 7. The van der Waals surface area contributed by atoms with Crippen LogP contribution in [0, 0.1) is 0 Å². The molecule has 0 aliphatic rings. The molecule has 1 aromatic carbocycles. The van der Waals surface area contributed by atoms with Crippen LogP contribution in [0.1, 0.15) is 36.7 Å². The number of pyridine rings is 1. The van der Waals surface area contributed by atoms with Gasteiger partial charge in [0.15, 0.2) is 0 Å². The molecule has 2 heterocycles. The van der Waals surface area contributed by atoms with E-state index in [1.54, 1.807) is 12.4 Å². The number of H-pyrrole nitrogens is 1. The van der Waals surface area contributed by atoms with E-state index in [-0.39, 0.29) is 5.56 Å². The maximum atomic E-state index is 12.5. The van der Waals surface area contributed by atoms with Crippen LogP contribution in [-0.2, 0) is 19.3 Å². The van der Waals surface area contributed by atoms with E-state index in [4.69, 9.17) is 0 Å². The zero-order chi connectivity index (χ0) is 17.5. The average molecular weight is 333 g/mol. The first-order chi connectivity index (χ1) is 12.3. The van der Waals surface area contributed by atoms with Gasteiger partial charge in [0.05, 0.1) is 5.69 Å². The molecule has 1 N–H and O–H groups in total. The van der Waals surface area contributed by atoms with Crippen molar-refractivity contribution in [1.29, 1.82) is 0 Å². The Morgan fingerprint density at radius 2 is 1.72 bits per heavy atom. The molecule has 0 aliphatic heterocycles. The van der Waals surface area contributed by atoms with E-state index in [0.717, 1.165) is 54.7 Å². The molecule has 2 aromatic heterocycles. The van der Waals surface area contributed by atoms with Crippen molar-refractivity contribution in [1.82, 2.24) is 15.0 Å². The van der Waals surface area contributed by atoms with E-state index in [9.17, 15) is 4.79 Å². The molecule has 0 fully saturated rings. The van der Waals surface area contributed by atoms with Gasteiger partial charge in [-0.25, -0.2) is 0 Å². The zero-order valence-electron chi connectivity index (χ0n) is 14.5. The predicted octanol–water partition coefficient (Wildman–Crippen LogP) is 3.96. The van der Waals surface area contributed by atoms with Gasteiger partial charge in [-0.2, -0.15) is 4.98 Å². The normalized spacial score (nSPS) is 10.8. The van der Waals surface area contributed by atoms with Gasteiger partial charge in [-0.1, -0.05) is 43.7 Å². The molecule has 0 atom stereocenters. The van der Waals surface area contributed by atoms with Gasteiger partial charge in [-0.3, -0.25) is 9.78 Å². The van der Waals surface area contributed by atoms with Gasteiger partial charge < -0.3 is 4.98 Å². The summed E-state index contributed by atoms with van der Waals surface area (Å²) in [6, 6.07) is 14.2. The smallest absolute Gasteiger partial charge is 0.276 e. The summed E-state index contributed by atoms with van der Waals surface area (Å²) >= 11 is 0. The second-order valence-electron chi connectivity index (χ2n) is 6.17. The van der Waals surface area contributed by atoms with Crippen molar-refractivity contribution in [3.63, 3.8) is 0 Å². The first-order valence-electron chi connectivity index (χ1n) is 8.84. The van der Waals surface area contributed by atoms with Gasteiger partial charge >= 0.3 is 0 Å². The second kappa shape index (κ2) is 8.38. The predicted molar refractivity (Wildman–Crippen MR) is 101 cm³/mol. The molecule has 128 valence electrons. The molecule has 3 aromatic rings. The highest BCUT2D eigenvalue weighted by Gasteiger charge is 2.12. The molecular weight excluding hydrogens is 310 g/mol. The number of hydrogen-bond acceptors (Lipinski definition) is 3. The van der Waals surface area contributed by atoms with Crippen molar-refractivity contribution in [3.8, 4) is 11.3 Å². The summed E-state index contributed by atoms with van der Waals surface area (Å²) in [5.41, 5.74) is 3.84. The Hall–Kier alpha value is -2.75. The van der Waals surface area contributed by atoms with E-state index in [2.05, 4.69) is 46.1 Å². The number of hydrogen-bond donors (Lipinski definition) is 1. The lowest BCUT2D eigenvalue weighted by Crippen LogP contribution is -2.19. The highest BCUT2D eigenvalue weighted by molar-refractivity contribution is 5.62. The summed E-state index contributed by atoms with van der Waals surface area (Å²) in [4.78, 5) is 24.3.